The van der Waals surface area contributed by atoms with Gasteiger partial charge in [-0.3, -0.25) is 0 Å². The summed E-state index contributed by atoms with van der Waals surface area (Å²) in [5.41, 5.74) is 2.30. The van der Waals surface area contributed by atoms with Crippen LogP contribution in [0.25, 0.3) is 0 Å². The van der Waals surface area contributed by atoms with Crippen LogP contribution in [0.3, 0.4) is 0 Å². The highest BCUT2D eigenvalue weighted by atomic mass is 127. The third-order valence-electron chi connectivity index (χ3n) is 3.49. The average molecular weight is 414 g/mol. The molecule has 0 amide bonds. The van der Waals surface area contributed by atoms with Gasteiger partial charge in [-0.05, 0) is 71.3 Å². The Morgan fingerprint density at radius 2 is 1.90 bits per heavy atom. The molecule has 1 N–H and O–H groups in total. The highest BCUT2D eigenvalue weighted by Gasteiger charge is 2.20. The van der Waals surface area contributed by atoms with Gasteiger partial charge in [0, 0.05) is 26.7 Å². The van der Waals surface area contributed by atoms with Gasteiger partial charge in [0.15, 0.2) is 0 Å². The van der Waals surface area contributed by atoms with Crippen LogP contribution < -0.4 is 10.1 Å². The molecule has 110 valence electrons. The number of hydrogen-bond acceptors (Lipinski definition) is 2. The number of benzene rings is 2. The van der Waals surface area contributed by atoms with E-state index in [4.69, 9.17) is 16.3 Å². The van der Waals surface area contributed by atoms with Crippen molar-refractivity contribution in [2.75, 3.05) is 0 Å². The van der Waals surface area contributed by atoms with Crippen molar-refractivity contribution in [3.05, 3.63) is 62.2 Å². The molecule has 0 heterocycles. The Hall–Kier alpha value is -0.780. The predicted octanol–water partition coefficient (Wildman–Crippen LogP) is 4.78. The van der Waals surface area contributed by atoms with Gasteiger partial charge in [0.25, 0.3) is 0 Å². The number of nitrogens with one attached hydrogen (secondary N) is 1. The van der Waals surface area contributed by atoms with Gasteiger partial charge in [0.2, 0.25) is 0 Å². The smallest absolute Gasteiger partial charge is 0.124 e. The van der Waals surface area contributed by atoms with Gasteiger partial charge in [-0.25, -0.2) is 0 Å². The van der Waals surface area contributed by atoms with Gasteiger partial charge < -0.3 is 10.1 Å². The maximum Gasteiger partial charge on any atom is 0.124 e. The molecule has 0 saturated heterocycles. The lowest BCUT2D eigenvalue weighted by Gasteiger charge is -2.13. The lowest BCUT2D eigenvalue weighted by atomic mass is 10.2. The van der Waals surface area contributed by atoms with E-state index in [1.54, 1.807) is 0 Å². The first kappa shape index (κ1) is 15.1. The molecule has 0 aromatic heterocycles. The Bertz CT molecular complexity index is 611. The van der Waals surface area contributed by atoms with E-state index >= 15 is 0 Å². The van der Waals surface area contributed by atoms with E-state index in [0.717, 1.165) is 22.9 Å². The Balaban J connectivity index is 1.66. The van der Waals surface area contributed by atoms with Crippen molar-refractivity contribution in [3.8, 4) is 5.75 Å². The quantitative estimate of drug-likeness (QED) is 0.689. The van der Waals surface area contributed by atoms with E-state index in [0.29, 0.717) is 12.6 Å². The number of rotatable bonds is 6. The molecule has 2 aromatic carbocycles. The Morgan fingerprint density at radius 3 is 2.62 bits per heavy atom. The molecule has 2 nitrogen and oxygen atoms in total. The highest BCUT2D eigenvalue weighted by Crippen LogP contribution is 2.26. The van der Waals surface area contributed by atoms with Gasteiger partial charge in [0.05, 0.1) is 0 Å². The van der Waals surface area contributed by atoms with Crippen molar-refractivity contribution in [3.63, 3.8) is 0 Å². The first-order valence-corrected chi connectivity index (χ1v) is 8.55. The number of hydrogen-bond donors (Lipinski definition) is 1. The third-order valence-corrected chi connectivity index (χ3v) is 4.44. The van der Waals surface area contributed by atoms with Crippen LogP contribution in [-0.2, 0) is 13.2 Å². The molecule has 0 bridgehead atoms. The summed E-state index contributed by atoms with van der Waals surface area (Å²) in [6.45, 7) is 1.39. The molecule has 21 heavy (non-hydrogen) atoms. The summed E-state index contributed by atoms with van der Waals surface area (Å²) < 4.78 is 7.20. The van der Waals surface area contributed by atoms with Crippen LogP contribution in [0.15, 0.2) is 42.5 Å². The maximum absolute atomic E-state index is 6.10. The Labute approximate surface area is 144 Å². The number of ether oxygens (including phenoxy) is 1. The average Bonchev–Trinajstić information content (AvgIpc) is 3.30. The first-order chi connectivity index (χ1) is 10.2. The zero-order chi connectivity index (χ0) is 14.7. The summed E-state index contributed by atoms with van der Waals surface area (Å²) in [5.74, 6) is 0.908. The zero-order valence-corrected chi connectivity index (χ0v) is 14.5. The van der Waals surface area contributed by atoms with Crippen molar-refractivity contribution >= 4 is 34.2 Å². The minimum atomic E-state index is 0.578. The SMILES string of the molecule is Clc1ccc(OCc2ccc(I)cc2)c(CNC2CC2)c1. The summed E-state index contributed by atoms with van der Waals surface area (Å²) in [7, 11) is 0. The summed E-state index contributed by atoms with van der Waals surface area (Å²) >= 11 is 8.40. The van der Waals surface area contributed by atoms with Crippen LogP contribution in [0, 0.1) is 3.57 Å². The van der Waals surface area contributed by atoms with Crippen molar-refractivity contribution in [2.45, 2.75) is 32.0 Å². The van der Waals surface area contributed by atoms with Gasteiger partial charge in [0.1, 0.15) is 12.4 Å². The number of halogens is 2. The molecule has 1 aliphatic rings. The van der Waals surface area contributed by atoms with Crippen LogP contribution in [0.5, 0.6) is 5.75 Å². The third kappa shape index (κ3) is 4.59. The second kappa shape index (κ2) is 6.99. The van der Waals surface area contributed by atoms with Crippen molar-refractivity contribution in [1.29, 1.82) is 0 Å². The predicted molar refractivity (Wildman–Crippen MR) is 94.8 cm³/mol. The molecule has 0 radical (unpaired) electrons. The first-order valence-electron chi connectivity index (χ1n) is 7.10. The van der Waals surface area contributed by atoms with Crippen molar-refractivity contribution in [2.24, 2.45) is 0 Å². The summed E-state index contributed by atoms with van der Waals surface area (Å²) in [6, 6.07) is 14.9. The van der Waals surface area contributed by atoms with Gasteiger partial charge in [-0.1, -0.05) is 23.7 Å². The van der Waals surface area contributed by atoms with Crippen LogP contribution in [0.1, 0.15) is 24.0 Å². The molecule has 1 fully saturated rings. The minimum absolute atomic E-state index is 0.578. The molecule has 0 atom stereocenters. The largest absolute Gasteiger partial charge is 0.489 e. The fraction of sp³-hybridized carbons (Fsp3) is 0.294. The molecule has 2 aromatic rings. The molecule has 3 rings (SSSR count). The van der Waals surface area contributed by atoms with Crippen LogP contribution in [-0.4, -0.2) is 6.04 Å². The monoisotopic (exact) mass is 413 g/mol. The maximum atomic E-state index is 6.10. The highest BCUT2D eigenvalue weighted by molar-refractivity contribution is 14.1. The van der Waals surface area contributed by atoms with E-state index in [-0.39, 0.29) is 0 Å². The van der Waals surface area contributed by atoms with E-state index in [2.05, 4.69) is 52.2 Å². The van der Waals surface area contributed by atoms with Gasteiger partial charge in [-0.2, -0.15) is 0 Å². The molecular formula is C17H17ClINO. The molecule has 1 aliphatic carbocycles. The lowest BCUT2D eigenvalue weighted by molar-refractivity contribution is 0.302. The summed E-state index contributed by atoms with van der Waals surface area (Å²) in [4.78, 5) is 0. The standard InChI is InChI=1S/C17H17ClINO/c18-14-3-8-17(13(9-14)10-20-16-6-7-16)21-11-12-1-4-15(19)5-2-12/h1-5,8-9,16,20H,6-7,10-11H2. The van der Waals surface area contributed by atoms with E-state index in [1.807, 2.05) is 18.2 Å². The molecular weight excluding hydrogens is 397 g/mol. The molecule has 0 unspecified atom stereocenters. The molecule has 0 aliphatic heterocycles. The fourth-order valence-corrected chi connectivity index (χ4v) is 2.66. The van der Waals surface area contributed by atoms with Crippen LogP contribution in [0.2, 0.25) is 5.02 Å². The topological polar surface area (TPSA) is 21.3 Å². The van der Waals surface area contributed by atoms with Gasteiger partial charge in [-0.15, -0.1) is 0 Å². The second-order valence-electron chi connectivity index (χ2n) is 5.32. The normalized spacial score (nSPS) is 14.2. The van der Waals surface area contributed by atoms with E-state index in [1.165, 1.54) is 22.0 Å². The van der Waals surface area contributed by atoms with Crippen molar-refractivity contribution in [1.82, 2.24) is 5.32 Å². The second-order valence-corrected chi connectivity index (χ2v) is 7.00. The fourth-order valence-electron chi connectivity index (χ4n) is 2.11. The van der Waals surface area contributed by atoms with Crippen LogP contribution >= 0.6 is 34.2 Å². The van der Waals surface area contributed by atoms with Crippen LogP contribution in [0.4, 0.5) is 0 Å². The lowest BCUT2D eigenvalue weighted by Crippen LogP contribution is -2.16. The Morgan fingerprint density at radius 1 is 1.14 bits per heavy atom. The zero-order valence-electron chi connectivity index (χ0n) is 11.6. The summed E-state index contributed by atoms with van der Waals surface area (Å²) in [5, 5.41) is 4.26. The van der Waals surface area contributed by atoms with E-state index < -0.39 is 0 Å². The van der Waals surface area contributed by atoms with Gasteiger partial charge >= 0.3 is 0 Å². The molecule has 1 saturated carbocycles. The molecule has 4 heteroatoms. The Kier molecular flexibility index (Phi) is 5.03. The summed E-state index contributed by atoms with van der Waals surface area (Å²) in [6.07, 6.45) is 2.55. The minimum Gasteiger partial charge on any atom is -0.489 e. The van der Waals surface area contributed by atoms with E-state index in [9.17, 15) is 0 Å². The van der Waals surface area contributed by atoms with Crippen molar-refractivity contribution < 1.29 is 4.74 Å². The molecule has 0 spiro atoms.